The van der Waals surface area contributed by atoms with Crippen molar-refractivity contribution < 1.29 is 0 Å². The Morgan fingerprint density at radius 1 is 1.73 bits per heavy atom. The molecule has 0 atom stereocenters. The molecule has 1 aliphatic heterocycles. The zero-order valence-electron chi connectivity index (χ0n) is 6.53. The van der Waals surface area contributed by atoms with Crippen molar-refractivity contribution in [2.24, 2.45) is 4.99 Å². The molecule has 0 N–H and O–H groups in total. The molecule has 0 fully saturated rings. The van der Waals surface area contributed by atoms with E-state index in [2.05, 4.69) is 29.3 Å². The highest BCUT2D eigenvalue weighted by molar-refractivity contribution is 5.31. The summed E-state index contributed by atoms with van der Waals surface area (Å²) in [7, 11) is 0. The van der Waals surface area contributed by atoms with Crippen LogP contribution >= 0.6 is 0 Å². The Balaban J connectivity index is 2.66. The number of hydrogen-bond acceptors (Lipinski definition) is 2. The van der Waals surface area contributed by atoms with Crippen molar-refractivity contribution in [1.82, 2.24) is 4.90 Å². The van der Waals surface area contributed by atoms with E-state index in [0.717, 1.165) is 18.9 Å². The standard InChI is InChI=1S/C9H12N2/c1-3-7-11-8-5-4-6-9(11)10-2/h3-6H,1-2,7-8H2. The van der Waals surface area contributed by atoms with Gasteiger partial charge in [-0.25, -0.2) is 4.99 Å². The Morgan fingerprint density at radius 2 is 2.55 bits per heavy atom. The second kappa shape index (κ2) is 3.76. The van der Waals surface area contributed by atoms with E-state index in [4.69, 9.17) is 0 Å². The Morgan fingerprint density at radius 3 is 3.18 bits per heavy atom. The molecule has 0 aliphatic carbocycles. The van der Waals surface area contributed by atoms with Crippen LogP contribution in [0.1, 0.15) is 0 Å². The second-order valence-electron chi connectivity index (χ2n) is 2.30. The van der Waals surface area contributed by atoms with Crippen LogP contribution in [0, 0.1) is 0 Å². The fourth-order valence-corrected chi connectivity index (χ4v) is 1.02. The molecule has 58 valence electrons. The molecule has 2 nitrogen and oxygen atoms in total. The maximum Gasteiger partial charge on any atom is 0.128 e. The van der Waals surface area contributed by atoms with E-state index >= 15 is 0 Å². The zero-order valence-corrected chi connectivity index (χ0v) is 6.53. The van der Waals surface area contributed by atoms with E-state index in [1.54, 1.807) is 0 Å². The minimum absolute atomic E-state index is 0.829. The highest BCUT2D eigenvalue weighted by Gasteiger charge is 2.05. The highest BCUT2D eigenvalue weighted by atomic mass is 15.2. The molecule has 1 heterocycles. The van der Waals surface area contributed by atoms with Gasteiger partial charge in [-0.15, -0.1) is 6.58 Å². The van der Waals surface area contributed by atoms with Gasteiger partial charge in [-0.1, -0.05) is 18.2 Å². The summed E-state index contributed by atoms with van der Waals surface area (Å²) >= 11 is 0. The van der Waals surface area contributed by atoms with E-state index in [-0.39, 0.29) is 0 Å². The Bertz CT molecular complexity index is 212. The first-order valence-corrected chi connectivity index (χ1v) is 3.58. The largest absolute Gasteiger partial charge is 0.349 e. The summed E-state index contributed by atoms with van der Waals surface area (Å²) in [5.74, 6) is 0.924. The third-order valence-corrected chi connectivity index (χ3v) is 1.54. The smallest absolute Gasteiger partial charge is 0.128 e. The van der Waals surface area contributed by atoms with E-state index < -0.39 is 0 Å². The van der Waals surface area contributed by atoms with Crippen LogP contribution in [-0.4, -0.2) is 24.7 Å². The lowest BCUT2D eigenvalue weighted by atomic mass is 10.3. The molecular formula is C9H12N2. The van der Waals surface area contributed by atoms with Crippen LogP contribution in [-0.2, 0) is 0 Å². The number of allylic oxidation sites excluding steroid dienone is 2. The van der Waals surface area contributed by atoms with Crippen molar-refractivity contribution in [3.8, 4) is 0 Å². The number of hydrogen-bond donors (Lipinski definition) is 0. The van der Waals surface area contributed by atoms with Crippen LogP contribution < -0.4 is 0 Å². The molecule has 0 amide bonds. The molecule has 1 aliphatic rings. The first kappa shape index (κ1) is 7.79. The topological polar surface area (TPSA) is 15.6 Å². The minimum atomic E-state index is 0.829. The maximum atomic E-state index is 3.89. The molecule has 0 unspecified atom stereocenters. The van der Waals surface area contributed by atoms with Gasteiger partial charge in [-0.2, -0.15) is 0 Å². The van der Waals surface area contributed by atoms with Crippen molar-refractivity contribution in [2.45, 2.75) is 0 Å². The van der Waals surface area contributed by atoms with Crippen molar-refractivity contribution >= 4 is 6.72 Å². The lowest BCUT2D eigenvalue weighted by Crippen LogP contribution is -2.23. The normalized spacial score (nSPS) is 16.0. The summed E-state index contributed by atoms with van der Waals surface area (Å²) in [4.78, 5) is 5.98. The van der Waals surface area contributed by atoms with Crippen LogP contribution in [0.2, 0.25) is 0 Å². The molecular weight excluding hydrogens is 136 g/mol. The van der Waals surface area contributed by atoms with Crippen molar-refractivity contribution in [2.75, 3.05) is 13.1 Å². The highest BCUT2D eigenvalue weighted by Crippen LogP contribution is 2.09. The van der Waals surface area contributed by atoms with Crippen LogP contribution in [0.4, 0.5) is 0 Å². The van der Waals surface area contributed by atoms with Crippen molar-refractivity contribution in [1.29, 1.82) is 0 Å². The summed E-state index contributed by atoms with van der Waals surface area (Å²) in [5.41, 5.74) is 0. The van der Waals surface area contributed by atoms with Gasteiger partial charge in [-0.3, -0.25) is 0 Å². The van der Waals surface area contributed by atoms with Gasteiger partial charge in [0.25, 0.3) is 0 Å². The van der Waals surface area contributed by atoms with Gasteiger partial charge in [0.15, 0.2) is 0 Å². The molecule has 0 bridgehead atoms. The van der Waals surface area contributed by atoms with Gasteiger partial charge in [0.05, 0.1) is 0 Å². The van der Waals surface area contributed by atoms with Crippen LogP contribution in [0.25, 0.3) is 0 Å². The number of rotatable bonds is 3. The number of nitrogens with zero attached hydrogens (tertiary/aromatic N) is 2. The molecule has 11 heavy (non-hydrogen) atoms. The van der Waals surface area contributed by atoms with Crippen LogP contribution in [0.5, 0.6) is 0 Å². The fourth-order valence-electron chi connectivity index (χ4n) is 1.02. The average molecular weight is 148 g/mol. The zero-order chi connectivity index (χ0) is 8.10. The predicted molar refractivity (Wildman–Crippen MR) is 48.5 cm³/mol. The van der Waals surface area contributed by atoms with Crippen molar-refractivity contribution in [3.05, 3.63) is 36.7 Å². The summed E-state index contributed by atoms with van der Waals surface area (Å²) in [6.45, 7) is 8.89. The summed E-state index contributed by atoms with van der Waals surface area (Å²) in [5, 5.41) is 0. The first-order chi connectivity index (χ1) is 5.38. The van der Waals surface area contributed by atoms with E-state index in [0.29, 0.717) is 0 Å². The third kappa shape index (κ3) is 1.80. The minimum Gasteiger partial charge on any atom is -0.349 e. The SMILES string of the molecule is C=CCN1CC=CC=C1N=C. The Labute approximate surface area is 67.2 Å². The van der Waals surface area contributed by atoms with E-state index in [1.807, 2.05) is 18.2 Å². The van der Waals surface area contributed by atoms with E-state index in [1.165, 1.54) is 0 Å². The molecule has 0 aromatic heterocycles. The van der Waals surface area contributed by atoms with Crippen LogP contribution in [0.15, 0.2) is 41.7 Å². The van der Waals surface area contributed by atoms with Gasteiger partial charge in [0.2, 0.25) is 0 Å². The molecule has 2 heteroatoms. The molecule has 0 saturated heterocycles. The quantitative estimate of drug-likeness (QED) is 0.438. The molecule has 0 aromatic carbocycles. The van der Waals surface area contributed by atoms with E-state index in [9.17, 15) is 0 Å². The molecule has 1 rings (SSSR count). The monoisotopic (exact) mass is 148 g/mol. The number of aliphatic imine (C=N–C) groups is 1. The molecule has 0 radical (unpaired) electrons. The average Bonchev–Trinajstić information content (AvgIpc) is 2.06. The second-order valence-corrected chi connectivity index (χ2v) is 2.30. The van der Waals surface area contributed by atoms with Gasteiger partial charge in [-0.05, 0) is 12.8 Å². The summed E-state index contributed by atoms with van der Waals surface area (Å²) in [6, 6.07) is 0. The molecule has 0 aromatic rings. The van der Waals surface area contributed by atoms with Gasteiger partial charge >= 0.3 is 0 Å². The summed E-state index contributed by atoms with van der Waals surface area (Å²) < 4.78 is 0. The molecule has 0 spiro atoms. The lowest BCUT2D eigenvalue weighted by molar-refractivity contribution is 0.414. The summed E-state index contributed by atoms with van der Waals surface area (Å²) in [6.07, 6.45) is 7.87. The fraction of sp³-hybridized carbons (Fsp3) is 0.222. The third-order valence-electron chi connectivity index (χ3n) is 1.54. The molecule has 0 saturated carbocycles. The lowest BCUT2D eigenvalue weighted by Gasteiger charge is -2.23. The van der Waals surface area contributed by atoms with Crippen molar-refractivity contribution in [3.63, 3.8) is 0 Å². The first-order valence-electron chi connectivity index (χ1n) is 3.58. The predicted octanol–water partition coefficient (Wildman–Crippen LogP) is 1.59. The Kier molecular flexibility index (Phi) is 2.66. The Hall–Kier alpha value is -1.31. The van der Waals surface area contributed by atoms with Gasteiger partial charge < -0.3 is 4.90 Å². The van der Waals surface area contributed by atoms with Crippen LogP contribution in [0.3, 0.4) is 0 Å². The maximum absolute atomic E-state index is 3.89. The van der Waals surface area contributed by atoms with Gasteiger partial charge in [0, 0.05) is 13.1 Å². The van der Waals surface area contributed by atoms with Gasteiger partial charge in [0.1, 0.15) is 5.82 Å².